The van der Waals surface area contributed by atoms with Crippen LogP contribution in [0.25, 0.3) is 0 Å². The van der Waals surface area contributed by atoms with Crippen LogP contribution >= 0.6 is 0 Å². The zero-order chi connectivity index (χ0) is 19.4. The number of methoxy groups -OCH3 is 1. The summed E-state index contributed by atoms with van der Waals surface area (Å²) in [5.41, 5.74) is 5.51. The SMILES string of the molecule is COc1ccc(C(=O)NC(C)(CN)CC(C)C)cc1S(=O)(=O)N(C)C. The number of nitrogens with one attached hydrogen (secondary N) is 1. The molecular formula is C17H29N3O4S. The molecule has 0 bridgehead atoms. The van der Waals surface area contributed by atoms with E-state index in [0.29, 0.717) is 12.3 Å². The van der Waals surface area contributed by atoms with Crippen molar-refractivity contribution in [3.63, 3.8) is 0 Å². The van der Waals surface area contributed by atoms with Crippen LogP contribution in [0.5, 0.6) is 5.75 Å². The second-order valence-electron chi connectivity index (χ2n) is 6.97. The van der Waals surface area contributed by atoms with Gasteiger partial charge in [-0.1, -0.05) is 13.8 Å². The minimum atomic E-state index is -3.74. The Kier molecular flexibility index (Phi) is 6.99. The lowest BCUT2D eigenvalue weighted by Crippen LogP contribution is -2.52. The summed E-state index contributed by atoms with van der Waals surface area (Å²) < 4.78 is 31.1. The highest BCUT2D eigenvalue weighted by atomic mass is 32.2. The molecule has 1 unspecified atom stereocenters. The van der Waals surface area contributed by atoms with E-state index in [1.54, 1.807) is 0 Å². The molecule has 1 amide bonds. The van der Waals surface area contributed by atoms with E-state index in [1.807, 2.05) is 6.92 Å². The van der Waals surface area contributed by atoms with Gasteiger partial charge in [-0.25, -0.2) is 12.7 Å². The summed E-state index contributed by atoms with van der Waals surface area (Å²) >= 11 is 0. The van der Waals surface area contributed by atoms with Gasteiger partial charge in [0.2, 0.25) is 10.0 Å². The van der Waals surface area contributed by atoms with Gasteiger partial charge in [-0.3, -0.25) is 4.79 Å². The van der Waals surface area contributed by atoms with Crippen LogP contribution in [-0.2, 0) is 10.0 Å². The molecule has 1 atom stereocenters. The third-order valence-corrected chi connectivity index (χ3v) is 5.75. The molecule has 0 radical (unpaired) electrons. The molecule has 0 aromatic heterocycles. The Morgan fingerprint density at radius 3 is 2.40 bits per heavy atom. The largest absolute Gasteiger partial charge is 0.495 e. The fraction of sp³-hybridized carbons (Fsp3) is 0.588. The second kappa shape index (κ2) is 8.16. The molecule has 0 saturated heterocycles. The van der Waals surface area contributed by atoms with Crippen molar-refractivity contribution in [3.8, 4) is 5.75 Å². The third kappa shape index (κ3) is 5.17. The second-order valence-corrected chi connectivity index (χ2v) is 9.09. The van der Waals surface area contributed by atoms with Crippen molar-refractivity contribution in [2.45, 2.75) is 37.6 Å². The van der Waals surface area contributed by atoms with Crippen molar-refractivity contribution < 1.29 is 17.9 Å². The number of carbonyl (C=O) groups is 1. The van der Waals surface area contributed by atoms with Gasteiger partial charge in [0.25, 0.3) is 5.91 Å². The number of rotatable bonds is 8. The molecule has 1 aromatic rings. The predicted octanol–water partition coefficient (Wildman–Crippen LogP) is 1.44. The first-order chi connectivity index (χ1) is 11.5. The summed E-state index contributed by atoms with van der Waals surface area (Å²) in [5, 5.41) is 2.92. The molecule has 0 heterocycles. The van der Waals surface area contributed by atoms with Crippen LogP contribution in [0.3, 0.4) is 0 Å². The van der Waals surface area contributed by atoms with Crippen molar-refractivity contribution >= 4 is 15.9 Å². The lowest BCUT2D eigenvalue weighted by Gasteiger charge is -2.31. The summed E-state index contributed by atoms with van der Waals surface area (Å²) in [6.07, 6.45) is 0.717. The molecule has 25 heavy (non-hydrogen) atoms. The van der Waals surface area contributed by atoms with E-state index in [1.165, 1.54) is 39.4 Å². The van der Waals surface area contributed by atoms with Crippen molar-refractivity contribution in [3.05, 3.63) is 23.8 Å². The molecule has 8 heteroatoms. The average Bonchev–Trinajstić information content (AvgIpc) is 2.53. The first kappa shape index (κ1) is 21.4. The van der Waals surface area contributed by atoms with Crippen LogP contribution in [0.2, 0.25) is 0 Å². The maximum absolute atomic E-state index is 12.6. The Labute approximate surface area is 150 Å². The Bertz CT molecular complexity index is 717. The van der Waals surface area contributed by atoms with Crippen LogP contribution in [0, 0.1) is 5.92 Å². The molecule has 0 aliphatic heterocycles. The highest BCUT2D eigenvalue weighted by Gasteiger charge is 2.28. The monoisotopic (exact) mass is 371 g/mol. The van der Waals surface area contributed by atoms with Crippen LogP contribution in [0.1, 0.15) is 37.6 Å². The van der Waals surface area contributed by atoms with Crippen molar-refractivity contribution in [1.29, 1.82) is 0 Å². The summed E-state index contributed by atoms with van der Waals surface area (Å²) in [5.74, 6) is 0.176. The number of carbonyl (C=O) groups excluding carboxylic acids is 1. The van der Waals surface area contributed by atoms with E-state index >= 15 is 0 Å². The summed E-state index contributed by atoms with van der Waals surface area (Å²) in [6.45, 7) is 6.27. The molecule has 0 aliphatic carbocycles. The van der Waals surface area contributed by atoms with Gasteiger partial charge in [-0.05, 0) is 37.5 Å². The molecule has 0 aliphatic rings. The van der Waals surface area contributed by atoms with Gasteiger partial charge in [-0.2, -0.15) is 0 Å². The van der Waals surface area contributed by atoms with Gasteiger partial charge in [0.1, 0.15) is 10.6 Å². The van der Waals surface area contributed by atoms with E-state index in [4.69, 9.17) is 10.5 Å². The summed E-state index contributed by atoms with van der Waals surface area (Å²) in [6, 6.07) is 4.35. The molecule has 0 spiro atoms. The fourth-order valence-corrected chi connectivity index (χ4v) is 3.72. The third-order valence-electron chi connectivity index (χ3n) is 3.91. The van der Waals surface area contributed by atoms with Gasteiger partial charge >= 0.3 is 0 Å². The number of amides is 1. The number of sulfonamides is 1. The van der Waals surface area contributed by atoms with Gasteiger partial charge in [-0.15, -0.1) is 0 Å². The maximum atomic E-state index is 12.6. The van der Waals surface area contributed by atoms with Gasteiger partial charge in [0.15, 0.2) is 0 Å². The number of benzene rings is 1. The predicted molar refractivity (Wildman–Crippen MR) is 98.2 cm³/mol. The Balaban J connectivity index is 3.25. The number of hydrogen-bond donors (Lipinski definition) is 2. The maximum Gasteiger partial charge on any atom is 0.251 e. The molecular weight excluding hydrogens is 342 g/mol. The minimum absolute atomic E-state index is 0.0500. The van der Waals surface area contributed by atoms with Gasteiger partial charge in [0.05, 0.1) is 7.11 Å². The quantitative estimate of drug-likeness (QED) is 0.720. The molecule has 7 nitrogen and oxygen atoms in total. The van der Waals surface area contributed by atoms with Gasteiger partial charge in [0, 0.05) is 31.7 Å². The smallest absolute Gasteiger partial charge is 0.251 e. The van der Waals surface area contributed by atoms with E-state index in [2.05, 4.69) is 19.2 Å². The molecule has 1 rings (SSSR count). The lowest BCUT2D eigenvalue weighted by molar-refractivity contribution is 0.0898. The zero-order valence-corrected chi connectivity index (χ0v) is 16.6. The Morgan fingerprint density at radius 1 is 1.36 bits per heavy atom. The van der Waals surface area contributed by atoms with E-state index in [-0.39, 0.29) is 28.7 Å². The van der Waals surface area contributed by atoms with E-state index < -0.39 is 15.6 Å². The molecule has 0 saturated carbocycles. The van der Waals surface area contributed by atoms with Crippen LogP contribution < -0.4 is 15.8 Å². The number of nitrogens with two attached hydrogens (primary N) is 1. The average molecular weight is 372 g/mol. The highest BCUT2D eigenvalue weighted by Crippen LogP contribution is 2.27. The van der Waals surface area contributed by atoms with Crippen LogP contribution in [0.15, 0.2) is 23.1 Å². The minimum Gasteiger partial charge on any atom is -0.495 e. The first-order valence-corrected chi connectivity index (χ1v) is 9.54. The number of nitrogens with zero attached hydrogens (tertiary/aromatic N) is 1. The molecule has 0 fully saturated rings. The van der Waals surface area contributed by atoms with Crippen molar-refractivity contribution in [1.82, 2.24) is 9.62 Å². The van der Waals surface area contributed by atoms with E-state index in [0.717, 1.165) is 4.31 Å². The Hall–Kier alpha value is -1.64. The summed E-state index contributed by atoms with van der Waals surface area (Å²) in [7, 11) is 0.499. The number of ether oxygens (including phenoxy) is 1. The zero-order valence-electron chi connectivity index (χ0n) is 15.8. The summed E-state index contributed by atoms with van der Waals surface area (Å²) in [4.78, 5) is 12.6. The molecule has 142 valence electrons. The topological polar surface area (TPSA) is 102 Å². The fourth-order valence-electron chi connectivity index (χ4n) is 2.65. The molecule has 1 aromatic carbocycles. The standard InChI is InChI=1S/C17H29N3O4S/c1-12(2)10-17(3,11-18)19-16(21)13-7-8-14(24-6)15(9-13)25(22,23)20(4)5/h7-9,12H,10-11,18H2,1-6H3,(H,19,21). The van der Waals surface area contributed by atoms with Crippen molar-refractivity contribution in [2.75, 3.05) is 27.7 Å². The lowest BCUT2D eigenvalue weighted by atomic mass is 9.90. The van der Waals surface area contributed by atoms with Crippen LogP contribution in [-0.4, -0.2) is 51.9 Å². The number of hydrogen-bond acceptors (Lipinski definition) is 5. The normalized spacial score (nSPS) is 14.4. The van der Waals surface area contributed by atoms with Gasteiger partial charge < -0.3 is 15.8 Å². The molecule has 3 N–H and O–H groups in total. The van der Waals surface area contributed by atoms with Crippen LogP contribution in [0.4, 0.5) is 0 Å². The Morgan fingerprint density at radius 2 is 1.96 bits per heavy atom. The van der Waals surface area contributed by atoms with Crippen molar-refractivity contribution in [2.24, 2.45) is 11.7 Å². The highest BCUT2D eigenvalue weighted by molar-refractivity contribution is 7.89. The first-order valence-electron chi connectivity index (χ1n) is 8.10. The van der Waals surface area contributed by atoms with E-state index in [9.17, 15) is 13.2 Å².